The number of carbonyl (C=O) groups excluding carboxylic acids is 2. The number of rotatable bonds is 7. The highest BCUT2D eigenvalue weighted by atomic mass is 32.2. The van der Waals surface area contributed by atoms with Gasteiger partial charge in [0.05, 0.1) is 23.6 Å². The second-order valence-electron chi connectivity index (χ2n) is 6.71. The lowest BCUT2D eigenvalue weighted by Crippen LogP contribution is -2.18. The smallest absolute Gasteiger partial charge is 0.345 e. The number of para-hydroxylation sites is 1. The molecule has 0 saturated heterocycles. The molecule has 0 spiro atoms. The van der Waals surface area contributed by atoms with Gasteiger partial charge in [0.1, 0.15) is 5.57 Å². The topological polar surface area (TPSA) is 91.7 Å². The highest BCUT2D eigenvalue weighted by Gasteiger charge is 2.24. The van der Waals surface area contributed by atoms with Crippen LogP contribution in [0.15, 0.2) is 65.2 Å². The van der Waals surface area contributed by atoms with E-state index in [1.807, 2.05) is 6.92 Å². The number of esters is 2. The van der Waals surface area contributed by atoms with Crippen molar-refractivity contribution < 1.29 is 27.5 Å². The predicted molar refractivity (Wildman–Crippen MR) is 117 cm³/mol. The maximum absolute atomic E-state index is 13.3. The molecule has 162 valence electrons. The predicted octanol–water partition coefficient (Wildman–Crippen LogP) is 3.70. The SMILES string of the molecule is CCOC(=O)C(=Cc1cn(S(=O)(=O)c2ccc(C)cc2)c2ccccc12)C(=O)OCC. The molecule has 0 aliphatic heterocycles. The van der Waals surface area contributed by atoms with E-state index in [9.17, 15) is 18.0 Å². The van der Waals surface area contributed by atoms with E-state index in [2.05, 4.69) is 0 Å². The number of benzene rings is 2. The third-order valence-corrected chi connectivity index (χ3v) is 6.27. The second kappa shape index (κ2) is 9.18. The third kappa shape index (κ3) is 4.54. The van der Waals surface area contributed by atoms with E-state index in [-0.39, 0.29) is 23.7 Å². The van der Waals surface area contributed by atoms with Gasteiger partial charge in [-0.2, -0.15) is 0 Å². The Kier molecular flexibility index (Phi) is 6.60. The van der Waals surface area contributed by atoms with Crippen LogP contribution >= 0.6 is 0 Å². The Labute approximate surface area is 180 Å². The van der Waals surface area contributed by atoms with Gasteiger partial charge < -0.3 is 9.47 Å². The van der Waals surface area contributed by atoms with E-state index < -0.39 is 22.0 Å². The summed E-state index contributed by atoms with van der Waals surface area (Å²) in [5, 5.41) is 0.560. The van der Waals surface area contributed by atoms with Gasteiger partial charge in [-0.05, 0) is 45.0 Å². The zero-order chi connectivity index (χ0) is 22.6. The molecular weight excluding hydrogens is 418 g/mol. The summed E-state index contributed by atoms with van der Waals surface area (Å²) in [6.45, 7) is 5.29. The van der Waals surface area contributed by atoms with E-state index in [0.29, 0.717) is 16.5 Å². The molecule has 0 atom stereocenters. The molecule has 7 nitrogen and oxygen atoms in total. The Bertz CT molecular complexity index is 1230. The molecule has 0 unspecified atom stereocenters. The van der Waals surface area contributed by atoms with Crippen molar-refractivity contribution in [2.45, 2.75) is 25.7 Å². The summed E-state index contributed by atoms with van der Waals surface area (Å²) in [6, 6.07) is 13.4. The van der Waals surface area contributed by atoms with Gasteiger partial charge in [0.25, 0.3) is 10.0 Å². The third-order valence-electron chi connectivity index (χ3n) is 4.58. The number of aryl methyl sites for hydroxylation is 1. The average Bonchev–Trinajstić information content (AvgIpc) is 3.12. The molecule has 0 fully saturated rings. The maximum Gasteiger partial charge on any atom is 0.345 e. The Morgan fingerprint density at radius 2 is 1.52 bits per heavy atom. The van der Waals surface area contributed by atoms with Crippen LogP contribution in [0.1, 0.15) is 25.0 Å². The Morgan fingerprint density at radius 1 is 0.935 bits per heavy atom. The van der Waals surface area contributed by atoms with Crippen molar-refractivity contribution in [2.24, 2.45) is 0 Å². The number of carbonyl (C=O) groups is 2. The highest BCUT2D eigenvalue weighted by molar-refractivity contribution is 7.90. The highest BCUT2D eigenvalue weighted by Crippen LogP contribution is 2.28. The van der Waals surface area contributed by atoms with E-state index in [1.54, 1.807) is 50.2 Å². The van der Waals surface area contributed by atoms with E-state index in [0.717, 1.165) is 9.54 Å². The van der Waals surface area contributed by atoms with Crippen molar-refractivity contribution in [2.75, 3.05) is 13.2 Å². The minimum absolute atomic E-state index is 0.0825. The van der Waals surface area contributed by atoms with E-state index in [4.69, 9.17) is 9.47 Å². The van der Waals surface area contributed by atoms with Crippen LogP contribution in [0.2, 0.25) is 0 Å². The van der Waals surface area contributed by atoms with Crippen LogP contribution in [0.4, 0.5) is 0 Å². The number of aromatic nitrogens is 1. The summed E-state index contributed by atoms with van der Waals surface area (Å²) < 4.78 is 37.7. The molecule has 3 aromatic rings. The van der Waals surface area contributed by atoms with Crippen LogP contribution in [-0.2, 0) is 29.1 Å². The van der Waals surface area contributed by atoms with Gasteiger partial charge in [-0.1, -0.05) is 35.9 Å². The molecule has 3 rings (SSSR count). The van der Waals surface area contributed by atoms with Crippen LogP contribution in [0.5, 0.6) is 0 Å². The van der Waals surface area contributed by atoms with Crippen molar-refractivity contribution >= 4 is 38.9 Å². The van der Waals surface area contributed by atoms with Gasteiger partial charge in [0.2, 0.25) is 0 Å². The van der Waals surface area contributed by atoms with Crippen molar-refractivity contribution in [1.29, 1.82) is 0 Å². The Morgan fingerprint density at radius 3 is 2.10 bits per heavy atom. The minimum atomic E-state index is -3.90. The number of nitrogens with zero attached hydrogens (tertiary/aromatic N) is 1. The summed E-state index contributed by atoms with van der Waals surface area (Å²) in [6.07, 6.45) is 2.69. The fourth-order valence-electron chi connectivity index (χ4n) is 3.09. The first-order chi connectivity index (χ1) is 14.8. The molecule has 0 bridgehead atoms. The lowest BCUT2D eigenvalue weighted by atomic mass is 10.1. The Hall–Kier alpha value is -3.39. The zero-order valence-corrected chi connectivity index (χ0v) is 18.3. The number of hydrogen-bond acceptors (Lipinski definition) is 6. The molecule has 0 radical (unpaired) electrons. The molecule has 8 heteroatoms. The second-order valence-corrected chi connectivity index (χ2v) is 8.53. The fourth-order valence-corrected chi connectivity index (χ4v) is 4.47. The molecule has 0 aliphatic carbocycles. The summed E-state index contributed by atoms with van der Waals surface area (Å²) in [5.41, 5.74) is 1.43. The van der Waals surface area contributed by atoms with Crippen LogP contribution in [0.3, 0.4) is 0 Å². The van der Waals surface area contributed by atoms with Gasteiger partial charge >= 0.3 is 11.9 Å². The number of ether oxygens (including phenoxy) is 2. The van der Waals surface area contributed by atoms with Crippen molar-refractivity contribution in [3.05, 3.63) is 71.4 Å². The average molecular weight is 442 g/mol. The summed E-state index contributed by atoms with van der Waals surface area (Å²) >= 11 is 0. The van der Waals surface area contributed by atoms with E-state index >= 15 is 0 Å². The van der Waals surface area contributed by atoms with Gasteiger partial charge in [0, 0.05) is 17.1 Å². The summed E-state index contributed by atoms with van der Waals surface area (Å²) in [4.78, 5) is 24.8. The molecule has 2 aromatic carbocycles. The maximum atomic E-state index is 13.3. The first-order valence-electron chi connectivity index (χ1n) is 9.77. The molecule has 0 saturated carbocycles. The Balaban J connectivity index is 2.21. The van der Waals surface area contributed by atoms with Crippen LogP contribution in [0.25, 0.3) is 17.0 Å². The largest absolute Gasteiger partial charge is 0.462 e. The summed E-state index contributed by atoms with van der Waals surface area (Å²) in [7, 11) is -3.90. The standard InChI is InChI=1S/C23H23NO6S/c1-4-29-22(25)20(23(26)30-5-2)14-17-15-24(21-9-7-6-8-19(17)21)31(27,28)18-12-10-16(3)11-13-18/h6-15H,4-5H2,1-3H3. The molecular formula is C23H23NO6S. The van der Waals surface area contributed by atoms with Crippen LogP contribution in [0, 0.1) is 6.92 Å². The normalized spacial score (nSPS) is 11.2. The molecule has 1 aromatic heterocycles. The zero-order valence-electron chi connectivity index (χ0n) is 17.5. The first kappa shape index (κ1) is 22.3. The molecule has 0 amide bonds. The van der Waals surface area contributed by atoms with Gasteiger partial charge in [-0.15, -0.1) is 0 Å². The first-order valence-corrected chi connectivity index (χ1v) is 11.2. The van der Waals surface area contributed by atoms with Crippen molar-refractivity contribution in [3.63, 3.8) is 0 Å². The lowest BCUT2D eigenvalue weighted by molar-refractivity contribution is -0.146. The quantitative estimate of drug-likeness (QED) is 0.240. The van der Waals surface area contributed by atoms with Crippen LogP contribution < -0.4 is 0 Å². The number of hydrogen-bond donors (Lipinski definition) is 0. The van der Waals surface area contributed by atoms with Gasteiger partial charge in [-0.25, -0.2) is 22.0 Å². The monoisotopic (exact) mass is 441 g/mol. The number of fused-ring (bicyclic) bond motifs is 1. The van der Waals surface area contributed by atoms with Gasteiger partial charge in [0.15, 0.2) is 0 Å². The molecule has 1 heterocycles. The molecule has 0 aliphatic rings. The van der Waals surface area contributed by atoms with E-state index in [1.165, 1.54) is 24.4 Å². The van der Waals surface area contributed by atoms with Crippen molar-refractivity contribution in [3.8, 4) is 0 Å². The molecule has 0 N–H and O–H groups in total. The minimum Gasteiger partial charge on any atom is -0.462 e. The fraction of sp³-hybridized carbons (Fsp3) is 0.217. The summed E-state index contributed by atoms with van der Waals surface area (Å²) in [5.74, 6) is -1.67. The lowest BCUT2D eigenvalue weighted by Gasteiger charge is -2.07. The van der Waals surface area contributed by atoms with Gasteiger partial charge in [-0.3, -0.25) is 0 Å². The van der Waals surface area contributed by atoms with Crippen LogP contribution in [-0.4, -0.2) is 37.5 Å². The molecule has 31 heavy (non-hydrogen) atoms. The van der Waals surface area contributed by atoms with Crippen molar-refractivity contribution in [1.82, 2.24) is 3.97 Å².